The molecular weight excluding hydrogens is 1620 g/mol. The van der Waals surface area contributed by atoms with Crippen molar-refractivity contribution >= 4 is 178 Å². The van der Waals surface area contributed by atoms with Crippen LogP contribution in [0.4, 0.5) is 47.8 Å². The van der Waals surface area contributed by atoms with Crippen molar-refractivity contribution in [2.75, 3.05) is 28.8 Å². The Hall–Kier alpha value is -13.6. The molecule has 0 fully saturated rings. The van der Waals surface area contributed by atoms with Crippen molar-refractivity contribution < 1.29 is 43.4 Å². The number of hydrogen-bond donors (Lipinski definition) is 1. The van der Waals surface area contributed by atoms with E-state index in [-0.39, 0.29) is 83.5 Å². The summed E-state index contributed by atoms with van der Waals surface area (Å²) in [4.78, 5) is 101. The van der Waals surface area contributed by atoms with Crippen molar-refractivity contribution in [2.24, 2.45) is 7.05 Å². The van der Waals surface area contributed by atoms with Crippen molar-refractivity contribution in [1.29, 1.82) is 15.8 Å². The third kappa shape index (κ3) is 18.2. The third-order valence-electron chi connectivity index (χ3n) is 18.1. The van der Waals surface area contributed by atoms with E-state index < -0.39 is 23.8 Å². The zero-order valence-corrected chi connectivity index (χ0v) is 67.6. The first-order valence-corrected chi connectivity index (χ1v) is 40.2. The number of pyridine rings is 1. The molecular formula is C91H71N9O10Se3. The predicted molar refractivity (Wildman–Crippen MR) is 445 cm³/mol. The van der Waals surface area contributed by atoms with Crippen LogP contribution >= 0.6 is 0 Å². The number of hydrogen-bond acceptors (Lipinski definition) is 16. The van der Waals surface area contributed by atoms with Gasteiger partial charge in [0.2, 0.25) is 5.88 Å². The van der Waals surface area contributed by atoms with Gasteiger partial charge in [-0.2, -0.15) is 5.26 Å². The van der Waals surface area contributed by atoms with Gasteiger partial charge in [-0.3, -0.25) is 19.0 Å². The van der Waals surface area contributed by atoms with Gasteiger partial charge in [-0.25, -0.2) is 0 Å². The molecule has 0 radical (unpaired) electrons. The number of imide groups is 2. The second-order valence-corrected chi connectivity index (χ2v) is 32.3. The number of nitrogens with zero attached hydrogens (tertiary/aromatic N) is 9. The van der Waals surface area contributed by atoms with E-state index >= 15 is 0 Å². The van der Waals surface area contributed by atoms with Crippen LogP contribution in [-0.2, 0) is 40.6 Å². The van der Waals surface area contributed by atoms with Crippen molar-refractivity contribution in [3.05, 3.63) is 329 Å². The van der Waals surface area contributed by atoms with Crippen molar-refractivity contribution in [3.63, 3.8) is 0 Å². The quantitative estimate of drug-likeness (QED) is 0.0298. The molecule has 15 rings (SSSR count). The fourth-order valence-electron chi connectivity index (χ4n) is 12.5. The topological polar surface area (TPSA) is 259 Å². The fourth-order valence-corrected chi connectivity index (χ4v) is 18.5. The summed E-state index contributed by atoms with van der Waals surface area (Å²) >= 11 is -0.186. The van der Waals surface area contributed by atoms with E-state index in [9.17, 15) is 54.0 Å². The Bertz CT molecular complexity index is 5930. The van der Waals surface area contributed by atoms with Crippen molar-refractivity contribution in [2.45, 2.75) is 34.6 Å². The fraction of sp³-hybridized carbons (Fsp3) is 0.0879. The van der Waals surface area contributed by atoms with Crippen LogP contribution in [0.5, 0.6) is 5.88 Å². The van der Waals surface area contributed by atoms with Crippen LogP contribution in [0, 0.1) is 40.9 Å². The second-order valence-electron chi connectivity index (χ2n) is 25.5. The number of anilines is 9. The van der Waals surface area contributed by atoms with Gasteiger partial charge in [-0.15, -0.1) is 0 Å². The molecule has 0 unspecified atom stereocenters. The molecule has 0 saturated heterocycles. The number of esters is 2. The van der Waals surface area contributed by atoms with E-state index in [0.717, 1.165) is 98.8 Å². The molecule has 13 aromatic rings. The maximum atomic E-state index is 12.8. The summed E-state index contributed by atoms with van der Waals surface area (Å²) < 4.78 is 11.3. The number of rotatable bonds is 12. The number of aromatic hydroxyl groups is 1. The number of carbonyl (C=O) groups excluding carboxylic acids is 7. The second kappa shape index (κ2) is 36.8. The molecule has 1 N–H and O–H groups in total. The standard InChI is InChI=1S/2C29H21N3O2Se.C21H15NOSe.C8H8N2O2.C4H6O3/c2*1-19-24(28(33)31(2)29(34)25(19)18-30)17-22-15-16-27(35-22)32(21-11-4-3-5-12-21)26-14-8-10-20-9-6-7-13-23(20)26;23-15-18-13-14-21(24-18)22(17-9-2-1-3-10-17)20-12-6-8-16-7-4-5-11-19(16)20;1-5-3-7(11)10(2)8(12)6(5)4-9;1-3(5)7-4(2)6/h2*3-17H,1-2H3;1-15H;3,12H,1-2H3;1-2H3/b2*24-17+;;;. The summed E-state index contributed by atoms with van der Waals surface area (Å²) in [6.45, 7) is 7.30. The van der Waals surface area contributed by atoms with Gasteiger partial charge in [0, 0.05) is 27.0 Å². The number of aldehydes is 1. The summed E-state index contributed by atoms with van der Waals surface area (Å²) in [5.41, 5.74) is 8.55. The van der Waals surface area contributed by atoms with Gasteiger partial charge in [-0.1, -0.05) is 0 Å². The Balaban J connectivity index is 0.000000152. The summed E-state index contributed by atoms with van der Waals surface area (Å²) in [6, 6.07) is 94.1. The first kappa shape index (κ1) is 80.4. The molecule has 0 atom stereocenters. The van der Waals surface area contributed by atoms with Gasteiger partial charge in [-0.05, 0) is 12.5 Å². The molecule has 0 bridgehead atoms. The molecule has 0 spiro atoms. The number of ether oxygens (including phenoxy) is 1. The predicted octanol–water partition coefficient (Wildman–Crippen LogP) is 16.7. The average molecular weight is 1690 g/mol. The van der Waals surface area contributed by atoms with Crippen molar-refractivity contribution in [1.82, 2.24) is 14.4 Å². The number of amides is 4. The van der Waals surface area contributed by atoms with Gasteiger partial charge in [0.1, 0.15) is 11.6 Å². The summed E-state index contributed by atoms with van der Waals surface area (Å²) in [7, 11) is 4.24. The van der Waals surface area contributed by atoms with Gasteiger partial charge >= 0.3 is 578 Å². The Kier molecular flexibility index (Phi) is 26.2. The molecule has 0 saturated carbocycles. The minimum absolute atomic E-state index is 0.0132. The van der Waals surface area contributed by atoms with E-state index in [1.54, 1.807) is 20.8 Å². The number of benzene rings is 9. The van der Waals surface area contributed by atoms with Crippen LogP contribution in [0.3, 0.4) is 0 Å². The molecule has 4 amide bonds. The number of para-hydroxylation sites is 3. The Morgan fingerprint density at radius 2 is 0.735 bits per heavy atom. The Morgan fingerprint density at radius 1 is 0.416 bits per heavy atom. The zero-order valence-electron chi connectivity index (χ0n) is 62.4. The van der Waals surface area contributed by atoms with E-state index in [4.69, 9.17) is 5.26 Å². The maximum absolute atomic E-state index is 12.8. The molecule has 558 valence electrons. The number of aromatic nitrogens is 1. The number of carbonyl (C=O) groups is 7. The van der Waals surface area contributed by atoms with Crippen LogP contribution in [0.1, 0.15) is 56.9 Å². The van der Waals surface area contributed by atoms with Crippen LogP contribution < -0.4 is 20.3 Å². The van der Waals surface area contributed by atoms with E-state index in [1.165, 1.54) is 56.4 Å². The van der Waals surface area contributed by atoms with Crippen LogP contribution in [0.25, 0.3) is 44.5 Å². The third-order valence-corrected chi connectivity index (χ3v) is 24.5. The number of nitriles is 3. The summed E-state index contributed by atoms with van der Waals surface area (Å²) in [6.07, 6.45) is 4.62. The molecule has 0 aliphatic carbocycles. The summed E-state index contributed by atoms with van der Waals surface area (Å²) in [5, 5.41) is 43.8. The van der Waals surface area contributed by atoms with Crippen molar-refractivity contribution in [3.8, 4) is 24.1 Å². The van der Waals surface area contributed by atoms with E-state index in [0.29, 0.717) is 27.9 Å². The number of fused-ring (bicyclic) bond motifs is 3. The van der Waals surface area contributed by atoms with E-state index in [2.05, 4.69) is 177 Å². The molecule has 113 heavy (non-hydrogen) atoms. The van der Waals surface area contributed by atoms with Gasteiger partial charge in [0.25, 0.3) is 5.56 Å². The molecule has 2 aliphatic rings. The van der Waals surface area contributed by atoms with Crippen LogP contribution in [0.2, 0.25) is 0 Å². The number of aryl methyl sites for hydroxylation is 1. The summed E-state index contributed by atoms with van der Waals surface area (Å²) in [5.74, 6) is -3.27. The SMILES string of the molecule is CC(=O)OC(C)=O.CC1=C(C#N)C(=O)N(C)C(=O)/C1=C/c1ccc(N(c2ccccc2)c2cccc3ccccc23)[se]1.CC1=C(C#N)C(=O)N(C)C(=O)/C1=C/c1ccc(N(c2ccccc2)c2cccc3ccccc23)[se]1.Cc1cc(=O)n(C)c(O)c1C#N.O=Cc1ccc(N(c2ccccc2)c2cccc3ccccc23)[se]1. The van der Waals surface area contributed by atoms with Gasteiger partial charge in [0.15, 0.2) is 0 Å². The molecule has 6 heterocycles. The first-order valence-electron chi connectivity index (χ1n) is 35.1. The molecule has 22 heteroatoms. The first-order chi connectivity index (χ1) is 54.5. The van der Waals surface area contributed by atoms with Gasteiger partial charge < -0.3 is 9.84 Å². The Labute approximate surface area is 670 Å². The molecule has 2 aliphatic heterocycles. The molecule has 19 nitrogen and oxygen atoms in total. The van der Waals surface area contributed by atoms with Crippen LogP contribution in [-0.4, -0.2) is 119 Å². The molecule has 9 aromatic carbocycles. The normalized spacial score (nSPS) is 13.1. The van der Waals surface area contributed by atoms with Crippen LogP contribution in [0.15, 0.2) is 299 Å². The van der Waals surface area contributed by atoms with Gasteiger partial charge in [0.05, 0.1) is 0 Å². The zero-order chi connectivity index (χ0) is 80.6. The number of likely N-dealkylation sites (N-methyl/N-ethyl adjacent to an activating group) is 2. The minimum atomic E-state index is -0.562. The Morgan fingerprint density at radius 3 is 1.04 bits per heavy atom. The molecule has 4 aromatic heterocycles. The van der Waals surface area contributed by atoms with E-state index in [1.807, 2.05) is 127 Å². The average Bonchev–Trinajstić information content (AvgIpc) is 1.77. The monoisotopic (exact) mass is 1690 g/mol.